The number of amides is 1. The molecule has 1 saturated heterocycles. The van der Waals surface area contributed by atoms with Gasteiger partial charge in [0.1, 0.15) is 5.01 Å². The fourth-order valence-corrected chi connectivity index (χ4v) is 5.21. The second-order valence-electron chi connectivity index (χ2n) is 6.63. The minimum atomic E-state index is -3.11. The minimum absolute atomic E-state index is 0.0358. The molecule has 1 aromatic rings. The fourth-order valence-electron chi connectivity index (χ4n) is 2.75. The van der Waals surface area contributed by atoms with Gasteiger partial charge in [-0.2, -0.15) is 0 Å². The zero-order valence-corrected chi connectivity index (χ0v) is 16.8. The van der Waals surface area contributed by atoms with E-state index in [1.165, 1.54) is 23.3 Å². The number of carbonyl (C=O) groups is 2. The Morgan fingerprint density at radius 2 is 2.15 bits per heavy atom. The molecule has 0 spiro atoms. The van der Waals surface area contributed by atoms with E-state index in [0.29, 0.717) is 24.6 Å². The highest BCUT2D eigenvalue weighted by atomic mass is 32.2. The van der Waals surface area contributed by atoms with Gasteiger partial charge in [-0.3, -0.25) is 4.79 Å². The molecule has 146 valence electrons. The molecule has 1 atom stereocenters. The van der Waals surface area contributed by atoms with Crippen molar-refractivity contribution in [3.05, 3.63) is 16.1 Å². The Labute approximate surface area is 157 Å². The number of esters is 1. The summed E-state index contributed by atoms with van der Waals surface area (Å²) in [6, 6.07) is -0.360. The maximum Gasteiger partial charge on any atom is 0.358 e. The van der Waals surface area contributed by atoms with Crippen molar-refractivity contribution in [2.45, 2.75) is 32.9 Å². The number of rotatable bonds is 8. The van der Waals surface area contributed by atoms with Gasteiger partial charge in [-0.25, -0.2) is 18.2 Å². The summed E-state index contributed by atoms with van der Waals surface area (Å²) in [6.07, 6.45) is 0.418. The molecule has 0 aromatic carbocycles. The maximum atomic E-state index is 12.5. The number of thiazole rings is 1. The highest BCUT2D eigenvalue weighted by Crippen LogP contribution is 2.19. The summed E-state index contributed by atoms with van der Waals surface area (Å²) in [5.41, 5.74) is 0.133. The van der Waals surface area contributed by atoms with Gasteiger partial charge in [0.05, 0.1) is 18.1 Å². The number of nitrogens with zero attached hydrogens (tertiary/aromatic N) is 2. The average Bonchev–Trinajstić information content (AvgIpc) is 3.16. The predicted octanol–water partition coefficient (Wildman–Crippen LogP) is 1.12. The minimum Gasteiger partial charge on any atom is -0.451 e. The summed E-state index contributed by atoms with van der Waals surface area (Å²) in [4.78, 5) is 30.2. The summed E-state index contributed by atoms with van der Waals surface area (Å²) >= 11 is 1.27. The predicted molar refractivity (Wildman–Crippen MR) is 96.7 cm³/mol. The molecule has 1 aliphatic rings. The molecule has 0 aliphatic carbocycles. The van der Waals surface area contributed by atoms with Crippen molar-refractivity contribution in [2.24, 2.45) is 5.92 Å². The van der Waals surface area contributed by atoms with Crippen molar-refractivity contribution < 1.29 is 27.5 Å². The van der Waals surface area contributed by atoms with Gasteiger partial charge in [0.25, 0.3) is 5.91 Å². The summed E-state index contributed by atoms with van der Waals surface area (Å²) in [5, 5.41) is 2.19. The van der Waals surface area contributed by atoms with Crippen LogP contribution in [-0.4, -0.2) is 68.0 Å². The smallest absolute Gasteiger partial charge is 0.358 e. The lowest BCUT2D eigenvalue weighted by Crippen LogP contribution is -2.45. The molecule has 0 saturated carbocycles. The van der Waals surface area contributed by atoms with E-state index < -0.39 is 22.4 Å². The average molecular weight is 405 g/mol. The lowest BCUT2D eigenvalue weighted by molar-refractivity contribution is -0.137. The quantitative estimate of drug-likeness (QED) is 0.598. The molecule has 1 unspecified atom stereocenters. The molecule has 1 fully saturated rings. The molecule has 0 N–H and O–H groups in total. The van der Waals surface area contributed by atoms with Crippen LogP contribution in [0.3, 0.4) is 0 Å². The van der Waals surface area contributed by atoms with Gasteiger partial charge in [-0.15, -0.1) is 11.3 Å². The molecular weight excluding hydrogens is 380 g/mol. The normalized spacial score (nSPS) is 18.8. The summed E-state index contributed by atoms with van der Waals surface area (Å²) < 4.78 is 33.5. The van der Waals surface area contributed by atoms with Gasteiger partial charge in [0.2, 0.25) is 0 Å². The zero-order chi connectivity index (χ0) is 19.3. The second kappa shape index (κ2) is 8.92. The first-order chi connectivity index (χ1) is 12.2. The van der Waals surface area contributed by atoms with E-state index in [1.807, 2.05) is 13.8 Å². The standard InChI is InChI=1S/C16H24N2O6S2/c1-11(2)6-18(12-4-5-26(21,22)10-12)15(19)8-24-16(20)13-9-25-14(17-13)7-23-3/h9,11-12H,4-8,10H2,1-3H3. The van der Waals surface area contributed by atoms with Crippen molar-refractivity contribution in [3.63, 3.8) is 0 Å². The lowest BCUT2D eigenvalue weighted by Gasteiger charge is -2.29. The van der Waals surface area contributed by atoms with Gasteiger partial charge >= 0.3 is 5.97 Å². The summed E-state index contributed by atoms with van der Waals surface area (Å²) in [7, 11) is -1.58. The molecule has 8 nitrogen and oxygen atoms in total. The van der Waals surface area contributed by atoms with Crippen LogP contribution in [0.15, 0.2) is 5.38 Å². The Hall–Kier alpha value is -1.52. The third-order valence-electron chi connectivity index (χ3n) is 3.89. The Morgan fingerprint density at radius 3 is 2.73 bits per heavy atom. The maximum absolute atomic E-state index is 12.5. The molecule has 2 rings (SSSR count). The van der Waals surface area contributed by atoms with Crippen molar-refractivity contribution >= 4 is 33.1 Å². The monoisotopic (exact) mass is 404 g/mol. The fraction of sp³-hybridized carbons (Fsp3) is 0.688. The molecule has 2 heterocycles. The highest BCUT2D eigenvalue weighted by molar-refractivity contribution is 7.91. The van der Waals surface area contributed by atoms with Crippen LogP contribution in [0.1, 0.15) is 35.8 Å². The number of ether oxygens (including phenoxy) is 2. The van der Waals surface area contributed by atoms with Gasteiger partial charge in [0.15, 0.2) is 22.1 Å². The Morgan fingerprint density at radius 1 is 1.42 bits per heavy atom. The first kappa shape index (κ1) is 20.8. The number of hydrogen-bond donors (Lipinski definition) is 0. The van der Waals surface area contributed by atoms with Gasteiger partial charge in [0, 0.05) is 25.1 Å². The molecule has 1 aromatic heterocycles. The van der Waals surface area contributed by atoms with E-state index in [4.69, 9.17) is 9.47 Å². The van der Waals surface area contributed by atoms with Crippen molar-refractivity contribution in [1.29, 1.82) is 0 Å². The van der Waals surface area contributed by atoms with E-state index in [9.17, 15) is 18.0 Å². The topological polar surface area (TPSA) is 103 Å². The SMILES string of the molecule is COCc1nc(C(=O)OCC(=O)N(CC(C)C)C2CCS(=O)(=O)C2)cs1. The number of sulfone groups is 1. The van der Waals surface area contributed by atoms with Crippen LogP contribution < -0.4 is 0 Å². The largest absolute Gasteiger partial charge is 0.451 e. The van der Waals surface area contributed by atoms with Gasteiger partial charge in [-0.05, 0) is 12.3 Å². The molecule has 10 heteroatoms. The zero-order valence-electron chi connectivity index (χ0n) is 15.1. The molecule has 1 amide bonds. The highest BCUT2D eigenvalue weighted by Gasteiger charge is 2.35. The van der Waals surface area contributed by atoms with Gasteiger partial charge in [-0.1, -0.05) is 13.8 Å². The number of methoxy groups -OCH3 is 1. The molecule has 0 bridgehead atoms. The van der Waals surface area contributed by atoms with Crippen molar-refractivity contribution in [1.82, 2.24) is 9.88 Å². The van der Waals surface area contributed by atoms with E-state index in [0.717, 1.165) is 0 Å². The number of hydrogen-bond acceptors (Lipinski definition) is 8. The Balaban J connectivity index is 1.96. The molecule has 26 heavy (non-hydrogen) atoms. The van der Waals surface area contributed by atoms with Crippen LogP contribution in [0.5, 0.6) is 0 Å². The van der Waals surface area contributed by atoms with Crippen LogP contribution in [0.4, 0.5) is 0 Å². The Kier molecular flexibility index (Phi) is 7.13. The van der Waals surface area contributed by atoms with E-state index in [-0.39, 0.29) is 35.1 Å². The molecule has 1 aliphatic heterocycles. The third-order valence-corrected chi connectivity index (χ3v) is 6.46. The number of carbonyl (C=O) groups excluding carboxylic acids is 2. The van der Waals surface area contributed by atoms with E-state index in [1.54, 1.807) is 5.38 Å². The van der Waals surface area contributed by atoms with Crippen molar-refractivity contribution in [2.75, 3.05) is 31.8 Å². The van der Waals surface area contributed by atoms with E-state index in [2.05, 4.69) is 4.98 Å². The first-order valence-corrected chi connectivity index (χ1v) is 11.0. The first-order valence-electron chi connectivity index (χ1n) is 8.32. The molecule has 0 radical (unpaired) electrons. The third kappa shape index (κ3) is 5.75. The second-order valence-corrected chi connectivity index (χ2v) is 9.80. The van der Waals surface area contributed by atoms with E-state index >= 15 is 0 Å². The van der Waals surface area contributed by atoms with Crippen molar-refractivity contribution in [3.8, 4) is 0 Å². The summed E-state index contributed by atoms with van der Waals surface area (Å²) in [5.74, 6) is -0.846. The van der Waals surface area contributed by atoms with Gasteiger partial charge < -0.3 is 14.4 Å². The lowest BCUT2D eigenvalue weighted by atomic mass is 10.1. The van der Waals surface area contributed by atoms with Crippen LogP contribution in [0.25, 0.3) is 0 Å². The van der Waals surface area contributed by atoms with Crippen LogP contribution >= 0.6 is 11.3 Å². The van der Waals surface area contributed by atoms with Crippen LogP contribution in [-0.2, 0) is 30.7 Å². The Bertz CT molecular complexity index is 744. The van der Waals surface area contributed by atoms with Crippen LogP contribution in [0, 0.1) is 5.92 Å². The number of aromatic nitrogens is 1. The summed E-state index contributed by atoms with van der Waals surface area (Å²) in [6.45, 7) is 4.18. The van der Waals surface area contributed by atoms with Crippen LogP contribution in [0.2, 0.25) is 0 Å². The molecular formula is C16H24N2O6S2.